The third-order valence-electron chi connectivity index (χ3n) is 4.17. The van der Waals surface area contributed by atoms with E-state index in [4.69, 9.17) is 0 Å². The molecule has 0 aliphatic carbocycles. The standard InChI is InChI=1S/C18H19FN2O3S/c1-13-11-15(8-9-17(13)21-10-3-2-7-18(21)22)20-25(23,24)16-6-4-5-14(19)12-16/h4-6,8-9,11-12,20H,2-3,7,10H2,1H3. The Morgan fingerprint density at radius 3 is 2.60 bits per heavy atom. The topological polar surface area (TPSA) is 66.5 Å². The van der Waals surface area contributed by atoms with Crippen LogP contribution in [0.2, 0.25) is 0 Å². The summed E-state index contributed by atoms with van der Waals surface area (Å²) in [4.78, 5) is 13.7. The number of anilines is 2. The van der Waals surface area contributed by atoms with E-state index in [9.17, 15) is 17.6 Å². The highest BCUT2D eigenvalue weighted by atomic mass is 32.2. The molecule has 3 rings (SSSR count). The second-order valence-corrected chi connectivity index (χ2v) is 7.75. The maximum absolute atomic E-state index is 13.3. The number of carbonyl (C=O) groups excluding carboxylic acids is 1. The van der Waals surface area contributed by atoms with Crippen LogP contribution in [-0.2, 0) is 14.8 Å². The molecule has 0 unspecified atom stereocenters. The predicted molar refractivity (Wildman–Crippen MR) is 94.6 cm³/mol. The van der Waals surface area contributed by atoms with Crippen molar-refractivity contribution in [1.29, 1.82) is 0 Å². The molecule has 1 aliphatic rings. The summed E-state index contributed by atoms with van der Waals surface area (Å²) in [6, 6.07) is 9.86. The molecule has 2 aromatic carbocycles. The Kier molecular flexibility index (Phi) is 4.76. The van der Waals surface area contributed by atoms with E-state index >= 15 is 0 Å². The molecular formula is C18H19FN2O3S. The van der Waals surface area contributed by atoms with E-state index in [1.165, 1.54) is 18.2 Å². The van der Waals surface area contributed by atoms with Crippen LogP contribution in [0.1, 0.15) is 24.8 Å². The molecule has 1 N–H and O–H groups in total. The minimum absolute atomic E-state index is 0.0856. The fourth-order valence-electron chi connectivity index (χ4n) is 2.93. The number of carbonyl (C=O) groups is 1. The van der Waals surface area contributed by atoms with Crippen LogP contribution in [0.25, 0.3) is 0 Å². The van der Waals surface area contributed by atoms with E-state index in [0.717, 1.165) is 30.2 Å². The quantitative estimate of drug-likeness (QED) is 0.906. The monoisotopic (exact) mass is 362 g/mol. The number of benzene rings is 2. The second kappa shape index (κ2) is 6.84. The highest BCUT2D eigenvalue weighted by molar-refractivity contribution is 7.92. The number of amides is 1. The van der Waals surface area contributed by atoms with E-state index in [1.807, 2.05) is 6.92 Å². The molecule has 0 radical (unpaired) electrons. The smallest absolute Gasteiger partial charge is 0.261 e. The molecule has 1 heterocycles. The summed E-state index contributed by atoms with van der Waals surface area (Å²) in [6.07, 6.45) is 2.40. The van der Waals surface area contributed by atoms with Crippen molar-refractivity contribution in [1.82, 2.24) is 0 Å². The van der Waals surface area contributed by atoms with Gasteiger partial charge in [-0.05, 0) is 61.7 Å². The van der Waals surface area contributed by atoms with Crippen molar-refractivity contribution in [2.45, 2.75) is 31.1 Å². The summed E-state index contributed by atoms with van der Waals surface area (Å²) in [5.41, 5.74) is 1.96. The molecule has 5 nitrogen and oxygen atoms in total. The molecule has 0 aromatic heterocycles. The van der Waals surface area contributed by atoms with Crippen LogP contribution in [-0.4, -0.2) is 20.9 Å². The minimum atomic E-state index is -3.87. The van der Waals surface area contributed by atoms with Gasteiger partial charge in [-0.15, -0.1) is 0 Å². The number of aryl methyl sites for hydroxylation is 1. The first-order valence-corrected chi connectivity index (χ1v) is 9.54. The van der Waals surface area contributed by atoms with Gasteiger partial charge in [-0.2, -0.15) is 0 Å². The van der Waals surface area contributed by atoms with E-state index in [1.54, 1.807) is 23.1 Å². The van der Waals surface area contributed by atoms with Gasteiger partial charge in [-0.3, -0.25) is 9.52 Å². The van der Waals surface area contributed by atoms with Gasteiger partial charge in [-0.25, -0.2) is 12.8 Å². The first kappa shape index (κ1) is 17.4. The third kappa shape index (κ3) is 3.82. The molecule has 1 fully saturated rings. The zero-order chi connectivity index (χ0) is 18.0. The Morgan fingerprint density at radius 2 is 1.92 bits per heavy atom. The number of hydrogen-bond acceptors (Lipinski definition) is 3. The van der Waals surface area contributed by atoms with Gasteiger partial charge in [0, 0.05) is 24.3 Å². The van der Waals surface area contributed by atoms with Crippen LogP contribution >= 0.6 is 0 Å². The van der Waals surface area contributed by atoms with E-state index in [0.29, 0.717) is 18.7 Å². The number of hydrogen-bond donors (Lipinski definition) is 1. The molecule has 2 aromatic rings. The molecule has 0 spiro atoms. The lowest BCUT2D eigenvalue weighted by atomic mass is 10.1. The molecule has 1 saturated heterocycles. The third-order valence-corrected chi connectivity index (χ3v) is 5.55. The van der Waals surface area contributed by atoms with Crippen molar-refractivity contribution in [2.75, 3.05) is 16.2 Å². The Balaban J connectivity index is 1.84. The molecular weight excluding hydrogens is 343 g/mol. The molecule has 1 amide bonds. The highest BCUT2D eigenvalue weighted by Gasteiger charge is 2.21. The second-order valence-electron chi connectivity index (χ2n) is 6.07. The van der Waals surface area contributed by atoms with E-state index in [-0.39, 0.29) is 10.8 Å². The van der Waals surface area contributed by atoms with Crippen molar-refractivity contribution in [2.24, 2.45) is 0 Å². The Hall–Kier alpha value is -2.41. The Morgan fingerprint density at radius 1 is 1.12 bits per heavy atom. The van der Waals surface area contributed by atoms with E-state index in [2.05, 4.69) is 4.72 Å². The van der Waals surface area contributed by atoms with Crippen LogP contribution in [0.15, 0.2) is 47.4 Å². The number of halogens is 1. The van der Waals surface area contributed by atoms with Gasteiger partial charge >= 0.3 is 0 Å². The lowest BCUT2D eigenvalue weighted by Crippen LogP contribution is -2.35. The summed E-state index contributed by atoms with van der Waals surface area (Å²) in [7, 11) is -3.87. The minimum Gasteiger partial charge on any atom is -0.312 e. The highest BCUT2D eigenvalue weighted by Crippen LogP contribution is 2.28. The first-order valence-electron chi connectivity index (χ1n) is 8.06. The maximum atomic E-state index is 13.3. The fourth-order valence-corrected chi connectivity index (χ4v) is 4.01. The summed E-state index contributed by atoms with van der Waals surface area (Å²) in [5.74, 6) is -0.527. The molecule has 7 heteroatoms. The lowest BCUT2D eigenvalue weighted by molar-refractivity contribution is -0.119. The fraction of sp³-hybridized carbons (Fsp3) is 0.278. The number of piperidine rings is 1. The summed E-state index contributed by atoms with van der Waals surface area (Å²) < 4.78 is 40.4. The van der Waals surface area contributed by atoms with Crippen LogP contribution in [0.5, 0.6) is 0 Å². The maximum Gasteiger partial charge on any atom is 0.261 e. The summed E-state index contributed by atoms with van der Waals surface area (Å²) in [5, 5.41) is 0. The zero-order valence-electron chi connectivity index (χ0n) is 13.8. The first-order chi connectivity index (χ1) is 11.9. The zero-order valence-corrected chi connectivity index (χ0v) is 14.6. The van der Waals surface area contributed by atoms with Crippen molar-refractivity contribution < 1.29 is 17.6 Å². The van der Waals surface area contributed by atoms with Gasteiger partial charge in [0.2, 0.25) is 5.91 Å². The molecule has 0 bridgehead atoms. The van der Waals surface area contributed by atoms with Gasteiger partial charge in [0.05, 0.1) is 4.90 Å². The predicted octanol–water partition coefficient (Wildman–Crippen LogP) is 3.45. The molecule has 0 saturated carbocycles. The number of nitrogens with zero attached hydrogens (tertiary/aromatic N) is 1. The van der Waals surface area contributed by atoms with E-state index < -0.39 is 15.8 Å². The Bertz CT molecular complexity index is 912. The number of sulfonamides is 1. The largest absolute Gasteiger partial charge is 0.312 e. The van der Waals surface area contributed by atoms with Crippen LogP contribution in [0, 0.1) is 12.7 Å². The van der Waals surface area contributed by atoms with Gasteiger partial charge in [0.15, 0.2) is 0 Å². The number of nitrogens with one attached hydrogen (secondary N) is 1. The normalized spacial score (nSPS) is 15.3. The Labute approximate surface area is 146 Å². The van der Waals surface area contributed by atoms with Gasteiger partial charge < -0.3 is 4.90 Å². The van der Waals surface area contributed by atoms with Crippen molar-refractivity contribution in [3.8, 4) is 0 Å². The molecule has 25 heavy (non-hydrogen) atoms. The summed E-state index contributed by atoms with van der Waals surface area (Å²) >= 11 is 0. The molecule has 132 valence electrons. The number of rotatable bonds is 4. The van der Waals surface area contributed by atoms with Gasteiger partial charge in [0.25, 0.3) is 10.0 Å². The SMILES string of the molecule is Cc1cc(NS(=O)(=O)c2cccc(F)c2)ccc1N1CCCCC1=O. The molecule has 1 aliphatic heterocycles. The average Bonchev–Trinajstić information content (AvgIpc) is 2.56. The lowest BCUT2D eigenvalue weighted by Gasteiger charge is -2.28. The summed E-state index contributed by atoms with van der Waals surface area (Å²) in [6.45, 7) is 2.51. The van der Waals surface area contributed by atoms with Crippen molar-refractivity contribution in [3.63, 3.8) is 0 Å². The van der Waals surface area contributed by atoms with Gasteiger partial charge in [-0.1, -0.05) is 6.07 Å². The molecule has 0 atom stereocenters. The average molecular weight is 362 g/mol. The van der Waals surface area contributed by atoms with Crippen molar-refractivity contribution in [3.05, 3.63) is 53.8 Å². The van der Waals surface area contributed by atoms with Crippen molar-refractivity contribution >= 4 is 27.3 Å². The van der Waals surface area contributed by atoms with Gasteiger partial charge in [0.1, 0.15) is 5.82 Å². The van der Waals surface area contributed by atoms with Crippen LogP contribution in [0.4, 0.5) is 15.8 Å². The van der Waals surface area contributed by atoms with Crippen LogP contribution < -0.4 is 9.62 Å². The van der Waals surface area contributed by atoms with Crippen LogP contribution in [0.3, 0.4) is 0 Å².